The molecular weight excluding hydrogens is 180 g/mol. The van der Waals surface area contributed by atoms with Crippen molar-refractivity contribution in [2.45, 2.75) is 19.9 Å². The van der Waals surface area contributed by atoms with E-state index in [1.54, 1.807) is 11.0 Å². The zero-order chi connectivity index (χ0) is 10.7. The highest BCUT2D eigenvalue weighted by atomic mass is 16.2. The van der Waals surface area contributed by atoms with E-state index in [9.17, 15) is 4.79 Å². The van der Waals surface area contributed by atoms with Gasteiger partial charge < -0.3 is 16.0 Å². The van der Waals surface area contributed by atoms with Crippen LogP contribution in [0.1, 0.15) is 13.8 Å². The lowest BCUT2D eigenvalue weighted by Crippen LogP contribution is -2.49. The van der Waals surface area contributed by atoms with Crippen molar-refractivity contribution in [3.8, 4) is 0 Å². The van der Waals surface area contributed by atoms with Crippen molar-refractivity contribution in [1.82, 2.24) is 10.2 Å². The standard InChI is InChI=1S/C9H16N4O/c1-6(2)13-5-7(3-8(10)11)12-4-9(13)14/h3,6,12H,4-5H2,1-2H3,(H3,10,11)/b7-3-. The third kappa shape index (κ3) is 2.48. The molecule has 1 aliphatic heterocycles. The molecule has 5 heteroatoms. The second-order valence-electron chi connectivity index (χ2n) is 3.59. The molecule has 4 N–H and O–H groups in total. The van der Waals surface area contributed by atoms with Gasteiger partial charge in [-0.3, -0.25) is 10.2 Å². The first-order valence-corrected chi connectivity index (χ1v) is 4.58. The molecule has 1 fully saturated rings. The molecule has 1 saturated heterocycles. The van der Waals surface area contributed by atoms with E-state index < -0.39 is 0 Å². The fourth-order valence-electron chi connectivity index (χ4n) is 1.37. The first-order chi connectivity index (χ1) is 6.50. The van der Waals surface area contributed by atoms with Gasteiger partial charge in [-0.1, -0.05) is 0 Å². The van der Waals surface area contributed by atoms with Crippen LogP contribution in [0.2, 0.25) is 0 Å². The average molecular weight is 196 g/mol. The molecule has 1 amide bonds. The molecule has 1 rings (SSSR count). The molecule has 0 aromatic carbocycles. The maximum Gasteiger partial charge on any atom is 0.242 e. The number of hydrogen-bond acceptors (Lipinski definition) is 3. The van der Waals surface area contributed by atoms with E-state index in [4.69, 9.17) is 11.1 Å². The summed E-state index contributed by atoms with van der Waals surface area (Å²) in [5.74, 6) is 0.0891. The first kappa shape index (κ1) is 10.6. The number of nitrogens with zero attached hydrogens (tertiary/aromatic N) is 1. The molecule has 0 aromatic heterocycles. The van der Waals surface area contributed by atoms with Gasteiger partial charge in [-0.05, 0) is 13.8 Å². The van der Waals surface area contributed by atoms with Gasteiger partial charge in [-0.2, -0.15) is 0 Å². The predicted octanol–water partition coefficient (Wildman–Crippen LogP) is -0.354. The van der Waals surface area contributed by atoms with Gasteiger partial charge in [0.05, 0.1) is 13.1 Å². The maximum atomic E-state index is 11.4. The molecule has 1 aliphatic rings. The van der Waals surface area contributed by atoms with Crippen molar-refractivity contribution in [2.75, 3.05) is 13.1 Å². The zero-order valence-corrected chi connectivity index (χ0v) is 8.50. The molecule has 0 saturated carbocycles. The lowest BCUT2D eigenvalue weighted by Gasteiger charge is -2.32. The van der Waals surface area contributed by atoms with Gasteiger partial charge in [-0.25, -0.2) is 0 Å². The van der Waals surface area contributed by atoms with Crippen LogP contribution in [0.4, 0.5) is 0 Å². The number of carbonyl (C=O) groups is 1. The highest BCUT2D eigenvalue weighted by Gasteiger charge is 2.22. The molecular formula is C9H16N4O. The minimum absolute atomic E-state index is 0.00514. The van der Waals surface area contributed by atoms with Crippen molar-refractivity contribution in [1.29, 1.82) is 5.41 Å². The van der Waals surface area contributed by atoms with Gasteiger partial charge >= 0.3 is 0 Å². The van der Waals surface area contributed by atoms with Crippen molar-refractivity contribution in [3.05, 3.63) is 11.8 Å². The number of nitrogens with one attached hydrogen (secondary N) is 2. The molecule has 1 heterocycles. The van der Waals surface area contributed by atoms with Gasteiger partial charge in [-0.15, -0.1) is 0 Å². The Kier molecular flexibility index (Phi) is 3.11. The molecule has 0 radical (unpaired) electrons. The number of carbonyl (C=O) groups excluding carboxylic acids is 1. The van der Waals surface area contributed by atoms with Crippen LogP contribution in [0, 0.1) is 5.41 Å². The van der Waals surface area contributed by atoms with E-state index >= 15 is 0 Å². The fourth-order valence-corrected chi connectivity index (χ4v) is 1.37. The second-order valence-corrected chi connectivity index (χ2v) is 3.59. The number of amidine groups is 1. The van der Waals surface area contributed by atoms with Crippen LogP contribution in [0.5, 0.6) is 0 Å². The number of rotatable bonds is 2. The largest absolute Gasteiger partial charge is 0.384 e. The van der Waals surface area contributed by atoms with E-state index in [0.29, 0.717) is 6.54 Å². The smallest absolute Gasteiger partial charge is 0.242 e. The summed E-state index contributed by atoms with van der Waals surface area (Å²) in [4.78, 5) is 13.2. The van der Waals surface area contributed by atoms with Gasteiger partial charge in [0.25, 0.3) is 0 Å². The van der Waals surface area contributed by atoms with Gasteiger partial charge in [0.1, 0.15) is 5.84 Å². The number of hydrogen-bond donors (Lipinski definition) is 3. The Balaban J connectivity index is 2.71. The van der Waals surface area contributed by atoms with E-state index in [0.717, 1.165) is 5.70 Å². The summed E-state index contributed by atoms with van der Waals surface area (Å²) in [5.41, 5.74) is 6.07. The van der Waals surface area contributed by atoms with Crippen LogP contribution in [0.25, 0.3) is 0 Å². The predicted molar refractivity (Wildman–Crippen MR) is 54.8 cm³/mol. The van der Waals surface area contributed by atoms with Crippen molar-refractivity contribution >= 4 is 11.7 Å². The molecule has 0 unspecified atom stereocenters. The summed E-state index contributed by atoms with van der Waals surface area (Å²) in [7, 11) is 0. The van der Waals surface area contributed by atoms with Crippen LogP contribution in [0.3, 0.4) is 0 Å². The molecule has 14 heavy (non-hydrogen) atoms. The third-order valence-corrected chi connectivity index (χ3v) is 2.08. The normalized spacial score (nSPS) is 20.1. The Morgan fingerprint density at radius 3 is 2.86 bits per heavy atom. The summed E-state index contributed by atoms with van der Waals surface area (Å²) in [6.45, 7) is 4.73. The maximum absolute atomic E-state index is 11.4. The van der Waals surface area contributed by atoms with Crippen molar-refractivity contribution in [3.63, 3.8) is 0 Å². The SMILES string of the molecule is CC(C)N1C/C(=C/C(=N)N)NCC1=O. The van der Waals surface area contributed by atoms with Crippen LogP contribution in [-0.4, -0.2) is 35.8 Å². The summed E-state index contributed by atoms with van der Waals surface area (Å²) in [5, 5.41) is 10.0. The lowest BCUT2D eigenvalue weighted by molar-refractivity contribution is -0.132. The minimum atomic E-state index is 0.00514. The second kappa shape index (κ2) is 4.13. The monoisotopic (exact) mass is 196 g/mol. The highest BCUT2D eigenvalue weighted by Crippen LogP contribution is 2.07. The summed E-state index contributed by atoms with van der Waals surface area (Å²) < 4.78 is 0. The Morgan fingerprint density at radius 2 is 2.36 bits per heavy atom. The highest BCUT2D eigenvalue weighted by molar-refractivity contribution is 5.90. The number of piperazine rings is 1. The van der Waals surface area contributed by atoms with Crippen LogP contribution < -0.4 is 11.1 Å². The van der Waals surface area contributed by atoms with Gasteiger partial charge in [0.2, 0.25) is 5.91 Å². The Labute approximate surface area is 83.5 Å². The quantitative estimate of drug-likeness (QED) is 0.417. The topological polar surface area (TPSA) is 82.2 Å². The van der Waals surface area contributed by atoms with Crippen LogP contribution >= 0.6 is 0 Å². The average Bonchev–Trinajstić information content (AvgIpc) is 2.07. The molecule has 0 spiro atoms. The molecule has 0 bridgehead atoms. The van der Waals surface area contributed by atoms with Crippen molar-refractivity contribution in [2.24, 2.45) is 5.73 Å². The Morgan fingerprint density at radius 1 is 1.71 bits per heavy atom. The molecule has 0 aliphatic carbocycles. The molecule has 5 nitrogen and oxygen atoms in total. The van der Waals surface area contributed by atoms with Gasteiger partial charge in [0, 0.05) is 17.8 Å². The van der Waals surface area contributed by atoms with Gasteiger partial charge in [0.15, 0.2) is 0 Å². The van der Waals surface area contributed by atoms with Crippen LogP contribution in [-0.2, 0) is 4.79 Å². The summed E-state index contributed by atoms with van der Waals surface area (Å²) in [6, 6.07) is 0.181. The lowest BCUT2D eigenvalue weighted by atomic mass is 10.2. The fraction of sp³-hybridized carbons (Fsp3) is 0.556. The van der Waals surface area contributed by atoms with Crippen molar-refractivity contribution < 1.29 is 4.79 Å². The summed E-state index contributed by atoms with van der Waals surface area (Å²) >= 11 is 0. The Bertz CT molecular complexity index is 283. The molecule has 78 valence electrons. The molecule has 0 atom stereocenters. The summed E-state index contributed by atoms with van der Waals surface area (Å²) in [6.07, 6.45) is 1.54. The van der Waals surface area contributed by atoms with E-state index in [-0.39, 0.29) is 24.3 Å². The van der Waals surface area contributed by atoms with E-state index in [1.807, 2.05) is 13.8 Å². The third-order valence-electron chi connectivity index (χ3n) is 2.08. The number of amides is 1. The minimum Gasteiger partial charge on any atom is -0.384 e. The number of nitrogens with two attached hydrogens (primary N) is 1. The van der Waals surface area contributed by atoms with E-state index in [1.165, 1.54) is 0 Å². The molecule has 0 aromatic rings. The van der Waals surface area contributed by atoms with Crippen LogP contribution in [0.15, 0.2) is 11.8 Å². The first-order valence-electron chi connectivity index (χ1n) is 4.58. The zero-order valence-electron chi connectivity index (χ0n) is 8.50. The Hall–Kier alpha value is -1.52. The van der Waals surface area contributed by atoms with E-state index in [2.05, 4.69) is 5.32 Å².